The summed E-state index contributed by atoms with van der Waals surface area (Å²) >= 11 is 0. The molecule has 3 N–H and O–H groups in total. The molecule has 0 aromatic heterocycles. The molecule has 1 heterocycles. The van der Waals surface area contributed by atoms with Crippen molar-refractivity contribution < 1.29 is 19.1 Å². The molecule has 1 aliphatic heterocycles. The third-order valence-electron chi connectivity index (χ3n) is 8.55. The van der Waals surface area contributed by atoms with Gasteiger partial charge in [0.1, 0.15) is 6.10 Å². The molecule has 4 rings (SSSR count). The van der Waals surface area contributed by atoms with E-state index in [0.29, 0.717) is 56.3 Å². The van der Waals surface area contributed by atoms with Crippen LogP contribution in [0.2, 0.25) is 0 Å². The van der Waals surface area contributed by atoms with E-state index in [-0.39, 0.29) is 17.9 Å². The smallest absolute Gasteiger partial charge is 0.410 e. The lowest BCUT2D eigenvalue weighted by molar-refractivity contribution is 0.0381. The van der Waals surface area contributed by atoms with Gasteiger partial charge in [0, 0.05) is 63.0 Å². The number of hydrogen-bond donors (Lipinski definition) is 3. The summed E-state index contributed by atoms with van der Waals surface area (Å²) in [5, 5.41) is 10.2. The van der Waals surface area contributed by atoms with Crippen LogP contribution < -0.4 is 16.0 Å². The summed E-state index contributed by atoms with van der Waals surface area (Å²) < 4.78 is 6.22. The Morgan fingerprint density at radius 3 is 2.30 bits per heavy atom. The first-order chi connectivity index (χ1) is 21.5. The van der Waals surface area contributed by atoms with Gasteiger partial charge in [-0.05, 0) is 55.9 Å². The van der Waals surface area contributed by atoms with Gasteiger partial charge in [-0.25, -0.2) is 4.79 Å². The minimum absolute atomic E-state index is 0.0660. The fourth-order valence-electron chi connectivity index (χ4n) is 6.13. The first-order valence-corrected chi connectivity index (χ1v) is 16.6. The molecule has 2 aliphatic rings. The number of piperazine rings is 1. The maximum atomic E-state index is 13.8. The summed E-state index contributed by atoms with van der Waals surface area (Å²) in [4.78, 5) is 44.1. The SMILES string of the molecule is CCCN(CCC)C(=O)c1cccc(C(=O)N[C@@H](Cc2ccccc2)[C@@H](CNC2CCCCC2)OC(=O)N2CCNCC2)c1. The molecule has 2 atom stereocenters. The monoisotopic (exact) mass is 605 g/mol. The van der Waals surface area contributed by atoms with Crippen molar-refractivity contribution in [2.45, 2.75) is 83.4 Å². The molecule has 9 nitrogen and oxygen atoms in total. The topological polar surface area (TPSA) is 103 Å². The lowest BCUT2D eigenvalue weighted by Gasteiger charge is -2.34. The van der Waals surface area contributed by atoms with Gasteiger partial charge < -0.3 is 30.5 Å². The molecule has 0 spiro atoms. The molecule has 0 bridgehead atoms. The molecular formula is C35H51N5O4. The molecule has 1 aliphatic carbocycles. The maximum Gasteiger partial charge on any atom is 0.410 e. The first kappa shape index (κ1) is 33.5. The normalized spacial score (nSPS) is 17.0. The zero-order valence-electron chi connectivity index (χ0n) is 26.6. The van der Waals surface area contributed by atoms with Gasteiger partial charge in [-0.2, -0.15) is 0 Å². The van der Waals surface area contributed by atoms with Crippen molar-refractivity contribution in [3.63, 3.8) is 0 Å². The van der Waals surface area contributed by atoms with Crippen molar-refractivity contribution in [2.24, 2.45) is 0 Å². The second kappa shape index (κ2) is 17.8. The van der Waals surface area contributed by atoms with Crippen LogP contribution in [0.25, 0.3) is 0 Å². The molecule has 1 saturated heterocycles. The third kappa shape index (κ3) is 10.1. The van der Waals surface area contributed by atoms with Gasteiger partial charge in [-0.1, -0.05) is 69.5 Å². The molecular weight excluding hydrogens is 554 g/mol. The quantitative estimate of drug-likeness (QED) is 0.291. The van der Waals surface area contributed by atoms with Crippen molar-refractivity contribution in [3.05, 3.63) is 71.3 Å². The summed E-state index contributed by atoms with van der Waals surface area (Å²) in [6, 6.07) is 16.8. The van der Waals surface area contributed by atoms with Crippen molar-refractivity contribution >= 4 is 17.9 Å². The minimum Gasteiger partial charge on any atom is -0.443 e. The van der Waals surface area contributed by atoms with Crippen LogP contribution in [0.5, 0.6) is 0 Å². The number of carbonyl (C=O) groups excluding carboxylic acids is 3. The number of nitrogens with one attached hydrogen (secondary N) is 3. The van der Waals surface area contributed by atoms with Gasteiger partial charge in [0.25, 0.3) is 11.8 Å². The molecule has 2 aromatic carbocycles. The molecule has 1 saturated carbocycles. The van der Waals surface area contributed by atoms with Crippen LogP contribution in [-0.2, 0) is 11.2 Å². The number of rotatable bonds is 14. The van der Waals surface area contributed by atoms with E-state index >= 15 is 0 Å². The highest BCUT2D eigenvalue weighted by Crippen LogP contribution is 2.19. The fourth-order valence-corrected chi connectivity index (χ4v) is 6.13. The Labute approximate surface area is 263 Å². The van der Waals surface area contributed by atoms with Crippen LogP contribution in [0.15, 0.2) is 54.6 Å². The Morgan fingerprint density at radius 2 is 1.61 bits per heavy atom. The van der Waals surface area contributed by atoms with Gasteiger partial charge in [0.05, 0.1) is 6.04 Å². The van der Waals surface area contributed by atoms with Crippen molar-refractivity contribution in [2.75, 3.05) is 45.8 Å². The molecule has 2 aromatic rings. The lowest BCUT2D eigenvalue weighted by Crippen LogP contribution is -2.54. The Bertz CT molecular complexity index is 1170. The summed E-state index contributed by atoms with van der Waals surface area (Å²) in [7, 11) is 0. The van der Waals surface area contributed by atoms with Gasteiger partial charge in [-0.15, -0.1) is 0 Å². The summed E-state index contributed by atoms with van der Waals surface area (Å²) in [6.07, 6.45) is 7.13. The maximum absolute atomic E-state index is 13.8. The van der Waals surface area contributed by atoms with Crippen LogP contribution in [0, 0.1) is 0 Å². The number of carbonyl (C=O) groups is 3. The van der Waals surface area contributed by atoms with Crippen LogP contribution in [0.3, 0.4) is 0 Å². The third-order valence-corrected chi connectivity index (χ3v) is 8.55. The van der Waals surface area contributed by atoms with Crippen LogP contribution >= 0.6 is 0 Å². The number of amides is 3. The van der Waals surface area contributed by atoms with Crippen molar-refractivity contribution in [3.8, 4) is 0 Å². The van der Waals surface area contributed by atoms with E-state index < -0.39 is 12.1 Å². The Morgan fingerprint density at radius 1 is 0.932 bits per heavy atom. The van der Waals surface area contributed by atoms with Crippen LogP contribution in [0.4, 0.5) is 4.79 Å². The van der Waals surface area contributed by atoms with E-state index in [2.05, 4.69) is 29.8 Å². The lowest BCUT2D eigenvalue weighted by atomic mass is 9.94. The average Bonchev–Trinajstić information content (AvgIpc) is 3.07. The van der Waals surface area contributed by atoms with E-state index in [4.69, 9.17) is 4.74 Å². The molecule has 0 radical (unpaired) electrons. The van der Waals surface area contributed by atoms with Crippen molar-refractivity contribution in [1.82, 2.24) is 25.8 Å². The second-order valence-corrected chi connectivity index (χ2v) is 12.0. The number of benzene rings is 2. The first-order valence-electron chi connectivity index (χ1n) is 16.6. The zero-order valence-corrected chi connectivity index (χ0v) is 26.6. The van der Waals surface area contributed by atoms with E-state index in [9.17, 15) is 14.4 Å². The molecule has 0 unspecified atom stereocenters. The summed E-state index contributed by atoms with van der Waals surface area (Å²) in [5.41, 5.74) is 1.95. The Balaban J connectivity index is 1.57. The number of nitrogens with zero attached hydrogens (tertiary/aromatic N) is 2. The largest absolute Gasteiger partial charge is 0.443 e. The number of ether oxygens (including phenoxy) is 1. The second-order valence-electron chi connectivity index (χ2n) is 12.0. The van der Waals surface area contributed by atoms with Gasteiger partial charge in [0.2, 0.25) is 0 Å². The fraction of sp³-hybridized carbons (Fsp3) is 0.571. The van der Waals surface area contributed by atoms with Gasteiger partial charge >= 0.3 is 6.09 Å². The number of hydrogen-bond acceptors (Lipinski definition) is 6. The van der Waals surface area contributed by atoms with E-state index in [1.165, 1.54) is 19.3 Å². The summed E-state index contributed by atoms with van der Waals surface area (Å²) in [5.74, 6) is -0.359. The standard InChI is InChI=1S/C35H51N5O4/c1-3-20-39(21-4-2)34(42)29-15-11-14-28(25-29)33(41)38-31(24-27-12-7-5-8-13-27)32(26-37-30-16-9-6-10-17-30)44-35(43)40-22-18-36-19-23-40/h5,7-8,11-15,25,30-32,36-37H,3-4,6,9-10,16-24,26H2,1-2H3,(H,38,41)/t31-,32+/m0/s1. The minimum atomic E-state index is -0.585. The van der Waals surface area contributed by atoms with Gasteiger partial charge in [-0.3, -0.25) is 9.59 Å². The van der Waals surface area contributed by atoms with E-state index in [1.807, 2.05) is 35.2 Å². The molecule has 240 valence electrons. The van der Waals surface area contributed by atoms with Crippen LogP contribution in [-0.4, -0.2) is 91.7 Å². The van der Waals surface area contributed by atoms with E-state index in [1.54, 1.807) is 29.2 Å². The molecule has 9 heteroatoms. The average molecular weight is 606 g/mol. The van der Waals surface area contributed by atoms with Crippen LogP contribution in [0.1, 0.15) is 85.1 Å². The molecule has 2 fully saturated rings. The highest BCUT2D eigenvalue weighted by Gasteiger charge is 2.31. The predicted molar refractivity (Wildman–Crippen MR) is 174 cm³/mol. The van der Waals surface area contributed by atoms with E-state index in [0.717, 1.165) is 44.3 Å². The zero-order chi connectivity index (χ0) is 31.1. The molecule has 3 amide bonds. The Hall–Kier alpha value is -3.43. The van der Waals surface area contributed by atoms with Gasteiger partial charge in [0.15, 0.2) is 0 Å². The highest BCUT2D eigenvalue weighted by molar-refractivity contribution is 5.99. The van der Waals surface area contributed by atoms with Crippen molar-refractivity contribution in [1.29, 1.82) is 0 Å². The predicted octanol–water partition coefficient (Wildman–Crippen LogP) is 4.62. The highest BCUT2D eigenvalue weighted by atomic mass is 16.6. The summed E-state index contributed by atoms with van der Waals surface area (Å²) in [6.45, 7) is 8.55. The Kier molecular flexibility index (Phi) is 13.5. The molecule has 44 heavy (non-hydrogen) atoms.